The zero-order valence-corrected chi connectivity index (χ0v) is 8.91. The van der Waals surface area contributed by atoms with Crippen LogP contribution in [-0.4, -0.2) is 0 Å². The van der Waals surface area contributed by atoms with Crippen molar-refractivity contribution in [2.45, 2.75) is 26.7 Å². The van der Waals surface area contributed by atoms with E-state index in [0.717, 1.165) is 12.8 Å². The fraction of sp³-hybridized carbons (Fsp3) is 0.500. The first-order chi connectivity index (χ1) is 3.91. The first-order valence-electron chi connectivity index (χ1n) is 3.03. The predicted molar refractivity (Wildman–Crippen MR) is 36.2 cm³/mol. The number of hydrogen-bond donors (Lipinski definition) is 0. The molecular weight excluding hydrogens is 280 g/mol. The Morgan fingerprint density at radius 2 is 1.33 bits per heavy atom. The Bertz CT molecular complexity index is 70.6. The summed E-state index contributed by atoms with van der Waals surface area (Å²) >= 11 is 0. The molecule has 0 heterocycles. The molecule has 0 fully saturated rings. The second-order valence-electron chi connectivity index (χ2n) is 1.45. The van der Waals surface area contributed by atoms with E-state index in [2.05, 4.69) is 26.0 Å². The Hall–Kier alpha value is 0.168. The van der Waals surface area contributed by atoms with Crippen LogP contribution in [0.2, 0.25) is 0 Å². The van der Waals surface area contributed by atoms with Crippen molar-refractivity contribution in [1.29, 1.82) is 0 Å². The summed E-state index contributed by atoms with van der Waals surface area (Å²) in [6, 6.07) is 0. The fourth-order valence-electron chi connectivity index (χ4n) is 0.354. The molecule has 0 aromatic carbocycles. The molecule has 0 rings (SSSR count). The molecule has 0 unspecified atom stereocenters. The third kappa shape index (κ3) is 11.6. The topological polar surface area (TPSA) is 0 Å². The summed E-state index contributed by atoms with van der Waals surface area (Å²) in [4.78, 5) is 0. The monoisotopic (exact) mass is 292 g/mol. The van der Waals surface area contributed by atoms with Crippen LogP contribution in [0.3, 0.4) is 0 Å². The van der Waals surface area contributed by atoms with Crippen molar-refractivity contribution in [3.8, 4) is 0 Å². The second kappa shape index (κ2) is 11.0. The predicted octanol–water partition coefficient (Wildman–Crippen LogP) is 2.52. The Kier molecular flexibility index (Phi) is 14.6. The minimum absolute atomic E-state index is 0. The molecule has 0 saturated heterocycles. The third-order valence-corrected chi connectivity index (χ3v) is 0.727. The molecule has 0 bridgehead atoms. The van der Waals surface area contributed by atoms with Gasteiger partial charge >= 0.3 is 21.1 Å². The number of rotatable bonds is 3. The van der Waals surface area contributed by atoms with Crippen molar-refractivity contribution >= 4 is 0 Å². The molecule has 0 saturated carbocycles. The van der Waals surface area contributed by atoms with Gasteiger partial charge in [0.15, 0.2) is 0 Å². The minimum Gasteiger partial charge on any atom is -0.390 e. The van der Waals surface area contributed by atoms with Gasteiger partial charge in [0.05, 0.1) is 0 Å². The largest absolute Gasteiger partial charge is 2.00 e. The van der Waals surface area contributed by atoms with Gasteiger partial charge in [-0.05, 0) is 0 Å². The van der Waals surface area contributed by atoms with Crippen LogP contribution in [0.15, 0.2) is 12.2 Å². The maximum absolute atomic E-state index is 3.04. The van der Waals surface area contributed by atoms with E-state index in [4.69, 9.17) is 0 Å². The van der Waals surface area contributed by atoms with Gasteiger partial charge in [-0.25, -0.2) is 0 Å². The third-order valence-electron chi connectivity index (χ3n) is 0.727. The van der Waals surface area contributed by atoms with E-state index < -0.39 is 0 Å². The van der Waals surface area contributed by atoms with Crippen molar-refractivity contribution in [3.63, 3.8) is 0 Å². The van der Waals surface area contributed by atoms with Crippen LogP contribution < -0.4 is 0 Å². The molecule has 0 aliphatic heterocycles. The van der Waals surface area contributed by atoms with Gasteiger partial charge in [-0.3, -0.25) is 0 Å². The first kappa shape index (κ1) is 11.9. The molecule has 0 aliphatic carbocycles. The Labute approximate surface area is 72.3 Å². The van der Waals surface area contributed by atoms with Crippen LogP contribution in [-0.2, 0) is 21.1 Å². The van der Waals surface area contributed by atoms with Crippen molar-refractivity contribution < 1.29 is 21.1 Å². The number of hydrogen-bond acceptors (Lipinski definition) is 0. The molecule has 0 N–H and O–H groups in total. The summed E-state index contributed by atoms with van der Waals surface area (Å²) in [5.74, 6) is 0. The minimum atomic E-state index is 0. The van der Waals surface area contributed by atoms with Crippen LogP contribution >= 0.6 is 0 Å². The summed E-state index contributed by atoms with van der Waals surface area (Å²) < 4.78 is 0. The van der Waals surface area contributed by atoms with Gasteiger partial charge in [0.2, 0.25) is 0 Å². The van der Waals surface area contributed by atoms with E-state index in [1.54, 1.807) is 0 Å². The fourth-order valence-corrected chi connectivity index (χ4v) is 0.354. The first-order valence-corrected chi connectivity index (χ1v) is 3.03. The van der Waals surface area contributed by atoms with Gasteiger partial charge in [-0.15, -0.1) is 12.8 Å². The van der Waals surface area contributed by atoms with Crippen LogP contribution in [0.1, 0.15) is 26.7 Å². The van der Waals surface area contributed by atoms with Crippen molar-refractivity contribution in [3.05, 3.63) is 24.3 Å². The van der Waals surface area contributed by atoms with E-state index in [1.807, 2.05) is 12.2 Å². The van der Waals surface area contributed by atoms with Gasteiger partial charge in [0, 0.05) is 0 Å². The molecule has 50 valence electrons. The molecule has 9 heavy (non-hydrogen) atoms. The normalized spacial score (nSPS) is 10.4. The smallest absolute Gasteiger partial charge is 0.390 e. The molecule has 0 radical (unpaired) electrons. The van der Waals surface area contributed by atoms with Gasteiger partial charge in [-0.2, -0.15) is 0 Å². The van der Waals surface area contributed by atoms with Crippen LogP contribution in [0.25, 0.3) is 0 Å². The molecule has 0 spiro atoms. The van der Waals surface area contributed by atoms with Gasteiger partial charge < -0.3 is 24.3 Å². The maximum atomic E-state index is 3.04. The second-order valence-corrected chi connectivity index (χ2v) is 1.45. The standard InChI is InChI=1S/C8H12.W/c1-3-5-7-8-6-4-2;/h7-8H,3-4H2,1-2H3;/q-2;+2. The van der Waals surface area contributed by atoms with E-state index in [9.17, 15) is 0 Å². The summed E-state index contributed by atoms with van der Waals surface area (Å²) in [5.41, 5.74) is 0. The molecule has 1 heteroatoms. The average Bonchev–Trinajstić information content (AvgIpc) is 1.81. The van der Waals surface area contributed by atoms with E-state index in [0.29, 0.717) is 0 Å². The molecule has 0 aromatic rings. The summed E-state index contributed by atoms with van der Waals surface area (Å²) in [5, 5.41) is 0. The van der Waals surface area contributed by atoms with E-state index >= 15 is 0 Å². The van der Waals surface area contributed by atoms with Crippen LogP contribution in [0.4, 0.5) is 0 Å². The van der Waals surface area contributed by atoms with Gasteiger partial charge in [-0.1, -0.05) is 13.8 Å². The van der Waals surface area contributed by atoms with Crippen LogP contribution in [0, 0.1) is 12.2 Å². The zero-order chi connectivity index (χ0) is 6.24. The Morgan fingerprint density at radius 1 is 1.00 bits per heavy atom. The molecule has 0 atom stereocenters. The Balaban J connectivity index is 0. The SMILES string of the molecule is CC[C-]=CC=[C-]CC.[W+2]. The zero-order valence-electron chi connectivity index (χ0n) is 5.98. The average molecular weight is 292 g/mol. The molecular formula is C8H12W. The molecule has 0 nitrogen and oxygen atoms in total. The van der Waals surface area contributed by atoms with Gasteiger partial charge in [0.25, 0.3) is 0 Å². The van der Waals surface area contributed by atoms with Crippen molar-refractivity contribution in [2.24, 2.45) is 0 Å². The summed E-state index contributed by atoms with van der Waals surface area (Å²) in [6.45, 7) is 4.13. The van der Waals surface area contributed by atoms with E-state index in [1.165, 1.54) is 0 Å². The maximum Gasteiger partial charge on any atom is 2.00 e. The number of allylic oxidation sites excluding steroid dienone is 4. The van der Waals surface area contributed by atoms with Crippen LogP contribution in [0.5, 0.6) is 0 Å². The molecule has 0 amide bonds. The molecule has 0 aromatic heterocycles. The van der Waals surface area contributed by atoms with E-state index in [-0.39, 0.29) is 21.1 Å². The Morgan fingerprint density at radius 3 is 1.56 bits per heavy atom. The summed E-state index contributed by atoms with van der Waals surface area (Å²) in [6.07, 6.45) is 11.9. The quantitative estimate of drug-likeness (QED) is 0.554. The molecule has 0 aliphatic rings. The van der Waals surface area contributed by atoms with Crippen molar-refractivity contribution in [1.82, 2.24) is 0 Å². The van der Waals surface area contributed by atoms with Gasteiger partial charge in [0.1, 0.15) is 0 Å². The van der Waals surface area contributed by atoms with Crippen molar-refractivity contribution in [2.75, 3.05) is 0 Å². The summed E-state index contributed by atoms with van der Waals surface area (Å²) in [7, 11) is 0.